The molecule has 2 aromatic rings. The Balaban J connectivity index is 1.58. The molecule has 0 unspecified atom stereocenters. The van der Waals surface area contributed by atoms with E-state index in [0.29, 0.717) is 49.0 Å². The number of anilines is 1. The third kappa shape index (κ3) is 4.68. The first kappa shape index (κ1) is 20.9. The molecule has 11 heteroatoms. The van der Waals surface area contributed by atoms with Gasteiger partial charge in [-0.05, 0) is 37.8 Å². The third-order valence-electron chi connectivity index (χ3n) is 4.98. The number of carbonyl (C=O) groups excluding carboxylic acids is 1. The van der Waals surface area contributed by atoms with Crippen LogP contribution < -0.4 is 5.32 Å². The van der Waals surface area contributed by atoms with Gasteiger partial charge in [-0.15, -0.1) is 0 Å². The molecule has 2 aliphatic carbocycles. The van der Waals surface area contributed by atoms with Gasteiger partial charge in [-0.1, -0.05) is 28.6 Å². The molecule has 30 heavy (non-hydrogen) atoms. The van der Waals surface area contributed by atoms with E-state index in [-0.39, 0.29) is 27.1 Å². The van der Waals surface area contributed by atoms with Gasteiger partial charge in [-0.2, -0.15) is 4.39 Å². The Morgan fingerprint density at radius 2 is 1.97 bits per heavy atom. The van der Waals surface area contributed by atoms with Gasteiger partial charge in [0.05, 0.1) is 22.4 Å². The van der Waals surface area contributed by atoms with Crippen molar-refractivity contribution in [2.75, 3.05) is 5.32 Å². The molecule has 1 heterocycles. The molecule has 0 bridgehead atoms. The Hall–Kier alpha value is -2.37. The fourth-order valence-corrected chi connectivity index (χ4v) is 5.40. The summed E-state index contributed by atoms with van der Waals surface area (Å²) in [6, 6.07) is 5.86. The van der Waals surface area contributed by atoms with Crippen molar-refractivity contribution in [3.05, 3.63) is 41.2 Å². The molecule has 1 amide bonds. The molecule has 2 fully saturated rings. The zero-order chi connectivity index (χ0) is 21.3. The summed E-state index contributed by atoms with van der Waals surface area (Å²) in [5, 5.41) is 15.3. The number of sulfone groups is 1. The first-order chi connectivity index (χ1) is 14.3. The average molecular weight is 454 g/mol. The fraction of sp³-hybridized carbons (Fsp3) is 0.421. The van der Waals surface area contributed by atoms with Crippen LogP contribution >= 0.6 is 11.3 Å². The van der Waals surface area contributed by atoms with Crippen LogP contribution in [0.2, 0.25) is 0 Å². The molecule has 2 aliphatic rings. The van der Waals surface area contributed by atoms with Crippen molar-refractivity contribution < 1.29 is 27.5 Å². The van der Waals surface area contributed by atoms with Crippen LogP contribution in [0.3, 0.4) is 0 Å². The largest absolute Gasteiger partial charge is 0.393 e. The van der Waals surface area contributed by atoms with E-state index in [2.05, 4.69) is 15.5 Å². The van der Waals surface area contributed by atoms with Gasteiger partial charge in [-0.25, -0.2) is 13.4 Å². The van der Waals surface area contributed by atoms with Crippen LogP contribution in [0.25, 0.3) is 0 Å². The second kappa shape index (κ2) is 8.40. The number of benzene rings is 1. The number of hydrogen-bond acceptors (Lipinski definition) is 8. The Bertz CT molecular complexity index is 1060. The highest BCUT2D eigenvalue weighted by Gasteiger charge is 2.36. The van der Waals surface area contributed by atoms with Crippen LogP contribution in [0.5, 0.6) is 0 Å². The summed E-state index contributed by atoms with van der Waals surface area (Å²) >= 11 is 0.670. The third-order valence-corrected chi connectivity index (χ3v) is 7.96. The standard InChI is InChI=1S/C19H20FN3O5S2/c20-16-10-21-19(29-16)22-18(25)17(23-28-13-4-3-12(24)9-13)11-1-5-14(6-2-11)30(26,27)15-7-8-15/h1-2,5-6,10,12-13,15,24H,3-4,7-9H2,(H,21,22,25)/b23-17+/t12-,13-/m1/s1. The molecule has 2 saturated carbocycles. The summed E-state index contributed by atoms with van der Waals surface area (Å²) in [7, 11) is -3.36. The smallest absolute Gasteiger partial charge is 0.280 e. The van der Waals surface area contributed by atoms with E-state index in [4.69, 9.17) is 4.84 Å². The molecule has 4 rings (SSSR count). The lowest BCUT2D eigenvalue weighted by molar-refractivity contribution is -0.110. The lowest BCUT2D eigenvalue weighted by Gasteiger charge is -2.11. The summed E-state index contributed by atoms with van der Waals surface area (Å²) in [6.07, 6.45) is 3.13. The summed E-state index contributed by atoms with van der Waals surface area (Å²) in [5.74, 6) is -0.666. The summed E-state index contributed by atoms with van der Waals surface area (Å²) in [6.45, 7) is 0. The van der Waals surface area contributed by atoms with Gasteiger partial charge in [0, 0.05) is 12.0 Å². The molecule has 2 atom stereocenters. The van der Waals surface area contributed by atoms with E-state index in [1.807, 2.05) is 0 Å². The number of nitrogens with one attached hydrogen (secondary N) is 1. The molecule has 0 radical (unpaired) electrons. The highest BCUT2D eigenvalue weighted by molar-refractivity contribution is 7.92. The predicted molar refractivity (Wildman–Crippen MR) is 109 cm³/mol. The topological polar surface area (TPSA) is 118 Å². The zero-order valence-corrected chi connectivity index (χ0v) is 17.5. The quantitative estimate of drug-likeness (QED) is 0.491. The minimum Gasteiger partial charge on any atom is -0.393 e. The van der Waals surface area contributed by atoms with Gasteiger partial charge >= 0.3 is 0 Å². The van der Waals surface area contributed by atoms with Crippen molar-refractivity contribution in [1.82, 2.24) is 4.98 Å². The molecule has 0 aliphatic heterocycles. The summed E-state index contributed by atoms with van der Waals surface area (Å²) < 4.78 is 38.0. The SMILES string of the molecule is O=C(Nc1ncc(F)s1)/C(=N/O[C@@H]1CC[C@@H](O)C1)c1ccc(S(=O)(=O)C2CC2)cc1. The minimum atomic E-state index is -3.36. The lowest BCUT2D eigenvalue weighted by Crippen LogP contribution is -2.25. The summed E-state index contributed by atoms with van der Waals surface area (Å²) in [4.78, 5) is 22.1. The monoisotopic (exact) mass is 453 g/mol. The molecule has 1 aromatic heterocycles. The van der Waals surface area contributed by atoms with Crippen LogP contribution in [0.15, 0.2) is 40.5 Å². The molecular formula is C19H20FN3O5S2. The second-order valence-corrected chi connectivity index (χ2v) is 10.5. The van der Waals surface area contributed by atoms with E-state index in [1.165, 1.54) is 24.3 Å². The number of aliphatic hydroxyl groups is 1. The van der Waals surface area contributed by atoms with Gasteiger partial charge in [0.25, 0.3) is 5.91 Å². The number of oxime groups is 1. The van der Waals surface area contributed by atoms with Crippen LogP contribution in [0.1, 0.15) is 37.7 Å². The highest BCUT2D eigenvalue weighted by atomic mass is 32.2. The van der Waals surface area contributed by atoms with Crippen molar-refractivity contribution in [3.63, 3.8) is 0 Å². The average Bonchev–Trinajstić information content (AvgIpc) is 3.39. The van der Waals surface area contributed by atoms with Crippen LogP contribution in [-0.4, -0.2) is 47.6 Å². The van der Waals surface area contributed by atoms with Gasteiger partial charge < -0.3 is 9.94 Å². The molecular weight excluding hydrogens is 433 g/mol. The second-order valence-electron chi connectivity index (χ2n) is 7.33. The molecule has 0 spiro atoms. The van der Waals surface area contributed by atoms with Crippen molar-refractivity contribution in [2.45, 2.75) is 54.5 Å². The van der Waals surface area contributed by atoms with Crippen molar-refractivity contribution in [3.8, 4) is 0 Å². The predicted octanol–water partition coefficient (Wildman–Crippen LogP) is 2.49. The van der Waals surface area contributed by atoms with Crippen molar-refractivity contribution >= 4 is 37.9 Å². The van der Waals surface area contributed by atoms with Crippen LogP contribution in [0, 0.1) is 5.13 Å². The highest BCUT2D eigenvalue weighted by Crippen LogP contribution is 2.33. The number of halogens is 1. The molecule has 0 saturated heterocycles. The van der Waals surface area contributed by atoms with E-state index in [9.17, 15) is 22.7 Å². The van der Waals surface area contributed by atoms with Crippen LogP contribution in [-0.2, 0) is 19.5 Å². The number of aliphatic hydroxyl groups excluding tert-OH is 1. The summed E-state index contributed by atoms with van der Waals surface area (Å²) in [5.41, 5.74) is 0.250. The van der Waals surface area contributed by atoms with Gasteiger partial charge in [-0.3, -0.25) is 10.1 Å². The Labute approximate surface area is 176 Å². The molecule has 160 valence electrons. The number of carbonyl (C=O) groups is 1. The maximum atomic E-state index is 13.2. The van der Waals surface area contributed by atoms with Gasteiger partial charge in [0.1, 0.15) is 6.10 Å². The van der Waals surface area contributed by atoms with Gasteiger partial charge in [0.15, 0.2) is 25.8 Å². The van der Waals surface area contributed by atoms with E-state index < -0.39 is 27.0 Å². The first-order valence-electron chi connectivity index (χ1n) is 9.52. The van der Waals surface area contributed by atoms with Gasteiger partial charge in [0.2, 0.25) is 0 Å². The fourth-order valence-electron chi connectivity index (χ4n) is 3.21. The van der Waals surface area contributed by atoms with Crippen molar-refractivity contribution in [1.29, 1.82) is 0 Å². The molecule has 1 aromatic carbocycles. The maximum absolute atomic E-state index is 13.2. The Morgan fingerprint density at radius 3 is 2.53 bits per heavy atom. The number of aromatic nitrogens is 1. The Morgan fingerprint density at radius 1 is 1.23 bits per heavy atom. The Kier molecular flexibility index (Phi) is 5.85. The van der Waals surface area contributed by atoms with E-state index >= 15 is 0 Å². The number of rotatable bonds is 7. The first-order valence-corrected chi connectivity index (χ1v) is 11.9. The number of amides is 1. The normalized spacial score (nSPS) is 22.1. The van der Waals surface area contributed by atoms with Crippen molar-refractivity contribution in [2.24, 2.45) is 5.16 Å². The van der Waals surface area contributed by atoms with E-state index in [1.54, 1.807) is 0 Å². The minimum absolute atomic E-state index is 0.0643. The number of nitrogens with zero attached hydrogens (tertiary/aromatic N) is 2. The molecule has 8 nitrogen and oxygen atoms in total. The zero-order valence-electron chi connectivity index (χ0n) is 15.8. The van der Waals surface area contributed by atoms with E-state index in [0.717, 1.165) is 6.20 Å². The number of hydrogen-bond donors (Lipinski definition) is 2. The lowest BCUT2D eigenvalue weighted by atomic mass is 10.1. The molecule has 2 N–H and O–H groups in total. The number of thiazole rings is 1. The van der Waals surface area contributed by atoms with Crippen LogP contribution in [0.4, 0.5) is 9.52 Å². The maximum Gasteiger partial charge on any atom is 0.280 e.